The van der Waals surface area contributed by atoms with Crippen LogP contribution in [0.25, 0.3) is 17.1 Å². The topological polar surface area (TPSA) is 91.9 Å². The predicted molar refractivity (Wildman–Crippen MR) is 133 cm³/mol. The number of ketones is 1. The molecule has 1 aliphatic carbocycles. The molecule has 178 valence electrons. The normalized spacial score (nSPS) is 13.1. The molecule has 1 fully saturated rings. The number of esters is 1. The first-order chi connectivity index (χ1) is 17.0. The summed E-state index contributed by atoms with van der Waals surface area (Å²) in [6.07, 6.45) is 5.69. The van der Waals surface area contributed by atoms with Gasteiger partial charge in [0.25, 0.3) is 0 Å². The number of carbonyl (C=O) groups is 2. The first kappa shape index (κ1) is 23.0. The van der Waals surface area contributed by atoms with Gasteiger partial charge in [0.1, 0.15) is 0 Å². The third-order valence-corrected chi connectivity index (χ3v) is 7.05. The molecular formula is C26H25N5O3S. The van der Waals surface area contributed by atoms with Gasteiger partial charge in [0.2, 0.25) is 0 Å². The van der Waals surface area contributed by atoms with E-state index >= 15 is 0 Å². The molecule has 0 bridgehead atoms. The molecule has 0 atom stereocenters. The van der Waals surface area contributed by atoms with E-state index in [1.807, 2.05) is 48.7 Å². The van der Waals surface area contributed by atoms with Crippen molar-refractivity contribution in [2.24, 2.45) is 0 Å². The van der Waals surface area contributed by atoms with Gasteiger partial charge in [-0.15, -0.1) is 10.2 Å². The van der Waals surface area contributed by atoms with Gasteiger partial charge in [-0.1, -0.05) is 11.8 Å². The molecule has 3 heterocycles. The second-order valence-corrected chi connectivity index (χ2v) is 9.46. The van der Waals surface area contributed by atoms with Gasteiger partial charge in [0.15, 0.2) is 16.8 Å². The second kappa shape index (κ2) is 9.50. The van der Waals surface area contributed by atoms with Gasteiger partial charge >= 0.3 is 5.97 Å². The van der Waals surface area contributed by atoms with Gasteiger partial charge in [-0.3, -0.25) is 14.3 Å². The number of hydrogen-bond acceptors (Lipinski definition) is 7. The molecule has 1 aromatic carbocycles. The summed E-state index contributed by atoms with van der Waals surface area (Å²) in [6.45, 7) is 3.90. The van der Waals surface area contributed by atoms with Crippen molar-refractivity contribution in [2.75, 3.05) is 12.9 Å². The third-order valence-electron chi connectivity index (χ3n) is 6.11. The highest BCUT2D eigenvalue weighted by Crippen LogP contribution is 2.41. The minimum atomic E-state index is -0.379. The molecule has 0 saturated heterocycles. The van der Waals surface area contributed by atoms with Crippen LogP contribution in [0.3, 0.4) is 0 Å². The summed E-state index contributed by atoms with van der Waals surface area (Å²) < 4.78 is 8.93. The molecule has 0 amide bonds. The lowest BCUT2D eigenvalue weighted by Gasteiger charge is -2.11. The van der Waals surface area contributed by atoms with E-state index < -0.39 is 0 Å². The first-order valence-electron chi connectivity index (χ1n) is 11.4. The third kappa shape index (κ3) is 4.51. The fraction of sp³-hybridized carbons (Fsp3) is 0.269. The summed E-state index contributed by atoms with van der Waals surface area (Å²) in [5.74, 6) is 0.720. The number of aromatic nitrogens is 5. The number of Topliss-reactive ketones (excluding diaryl/α,β-unsaturated/α-hetero) is 1. The van der Waals surface area contributed by atoms with Crippen molar-refractivity contribution < 1.29 is 14.3 Å². The molecule has 0 spiro atoms. The summed E-state index contributed by atoms with van der Waals surface area (Å²) in [5.41, 5.74) is 4.77. The van der Waals surface area contributed by atoms with Gasteiger partial charge in [-0.25, -0.2) is 4.79 Å². The fourth-order valence-corrected chi connectivity index (χ4v) is 5.13. The number of thioether (sulfide) groups is 1. The molecule has 0 radical (unpaired) electrons. The number of hydrogen-bond donors (Lipinski definition) is 0. The van der Waals surface area contributed by atoms with E-state index in [4.69, 9.17) is 4.74 Å². The maximum absolute atomic E-state index is 13.2. The molecule has 1 aliphatic rings. The average molecular weight is 488 g/mol. The predicted octanol–water partition coefficient (Wildman–Crippen LogP) is 4.84. The average Bonchev–Trinajstić information content (AvgIpc) is 3.56. The summed E-state index contributed by atoms with van der Waals surface area (Å²) in [7, 11) is 1.36. The molecule has 1 saturated carbocycles. The number of methoxy groups -OCH3 is 1. The molecule has 0 aliphatic heterocycles. The number of pyridine rings is 1. The van der Waals surface area contributed by atoms with E-state index in [1.165, 1.54) is 18.9 Å². The Morgan fingerprint density at radius 1 is 1.11 bits per heavy atom. The Bertz CT molecular complexity index is 1390. The van der Waals surface area contributed by atoms with Gasteiger partial charge < -0.3 is 9.30 Å². The lowest BCUT2D eigenvalue weighted by atomic mass is 10.2. The van der Waals surface area contributed by atoms with Crippen LogP contribution in [-0.2, 0) is 4.74 Å². The van der Waals surface area contributed by atoms with Crippen molar-refractivity contribution in [3.05, 3.63) is 77.4 Å². The number of benzene rings is 1. The molecular weight excluding hydrogens is 462 g/mol. The van der Waals surface area contributed by atoms with Crippen LogP contribution in [0.15, 0.2) is 60.0 Å². The van der Waals surface area contributed by atoms with Crippen LogP contribution in [0.2, 0.25) is 0 Å². The highest BCUT2D eigenvalue weighted by Gasteiger charge is 2.30. The SMILES string of the molecule is COC(=O)c1ccc(-n2c(C)cc(C(=O)CSc3nnc(-c4cccnc4)n3C3CC3)c2C)cc1. The van der Waals surface area contributed by atoms with Gasteiger partial charge in [0.05, 0.1) is 18.4 Å². The highest BCUT2D eigenvalue weighted by molar-refractivity contribution is 7.99. The summed E-state index contributed by atoms with van der Waals surface area (Å²) in [6, 6.07) is 13.3. The molecule has 8 nitrogen and oxygen atoms in total. The maximum atomic E-state index is 13.2. The fourth-order valence-electron chi connectivity index (χ4n) is 4.24. The van der Waals surface area contributed by atoms with Crippen LogP contribution in [-0.4, -0.2) is 48.9 Å². The standard InChI is InChI=1S/C26H25N5O3S/c1-16-13-22(17(2)30(16)20-8-6-18(7-9-20)25(33)34-3)23(32)15-35-26-29-28-24(31(26)21-10-11-21)19-5-4-12-27-14-19/h4-9,12-14,21H,10-11,15H2,1-3H3. The monoisotopic (exact) mass is 487 g/mol. The molecule has 4 aromatic rings. The molecule has 0 N–H and O–H groups in total. The minimum absolute atomic E-state index is 0.0359. The molecule has 0 unspecified atom stereocenters. The van der Waals surface area contributed by atoms with E-state index in [9.17, 15) is 9.59 Å². The van der Waals surface area contributed by atoms with Crippen molar-refractivity contribution in [2.45, 2.75) is 37.9 Å². The Labute approximate surface area is 207 Å². The van der Waals surface area contributed by atoms with Crippen molar-refractivity contribution in [1.82, 2.24) is 24.3 Å². The number of ether oxygens (including phenoxy) is 1. The van der Waals surface area contributed by atoms with Crippen LogP contribution in [0, 0.1) is 13.8 Å². The van der Waals surface area contributed by atoms with Crippen LogP contribution in [0.4, 0.5) is 0 Å². The Morgan fingerprint density at radius 3 is 2.54 bits per heavy atom. The lowest BCUT2D eigenvalue weighted by Crippen LogP contribution is -2.07. The molecule has 3 aromatic heterocycles. The second-order valence-electron chi connectivity index (χ2n) is 8.52. The zero-order valence-corrected chi connectivity index (χ0v) is 20.6. The number of nitrogens with zero attached hydrogens (tertiary/aromatic N) is 5. The van der Waals surface area contributed by atoms with E-state index in [2.05, 4.69) is 19.7 Å². The Hall–Kier alpha value is -3.72. The van der Waals surface area contributed by atoms with Gasteiger partial charge in [0, 0.05) is 46.6 Å². The molecule has 5 rings (SSSR count). The Morgan fingerprint density at radius 2 is 1.89 bits per heavy atom. The van der Waals surface area contributed by atoms with Crippen LogP contribution in [0.5, 0.6) is 0 Å². The number of carbonyl (C=O) groups excluding carboxylic acids is 2. The van der Waals surface area contributed by atoms with E-state index in [0.29, 0.717) is 17.2 Å². The summed E-state index contributed by atoms with van der Waals surface area (Å²) >= 11 is 1.42. The van der Waals surface area contributed by atoms with E-state index in [0.717, 1.165) is 46.5 Å². The number of aryl methyl sites for hydroxylation is 1. The van der Waals surface area contributed by atoms with Crippen molar-refractivity contribution in [1.29, 1.82) is 0 Å². The largest absolute Gasteiger partial charge is 0.465 e. The minimum Gasteiger partial charge on any atom is -0.465 e. The summed E-state index contributed by atoms with van der Waals surface area (Å²) in [4.78, 5) is 29.2. The smallest absolute Gasteiger partial charge is 0.337 e. The zero-order valence-electron chi connectivity index (χ0n) is 19.8. The Balaban J connectivity index is 1.35. The summed E-state index contributed by atoms with van der Waals surface area (Å²) in [5, 5.41) is 9.55. The zero-order chi connectivity index (χ0) is 24.5. The number of rotatable bonds is 8. The quantitative estimate of drug-likeness (QED) is 0.199. The highest BCUT2D eigenvalue weighted by atomic mass is 32.2. The van der Waals surface area contributed by atoms with Crippen LogP contribution in [0.1, 0.15) is 51.0 Å². The first-order valence-corrected chi connectivity index (χ1v) is 12.4. The van der Waals surface area contributed by atoms with Crippen molar-refractivity contribution >= 4 is 23.5 Å². The lowest BCUT2D eigenvalue weighted by molar-refractivity contribution is 0.0600. The molecule has 9 heteroatoms. The maximum Gasteiger partial charge on any atom is 0.337 e. The Kier molecular flexibility index (Phi) is 6.25. The van der Waals surface area contributed by atoms with E-state index in [-0.39, 0.29) is 17.5 Å². The molecule has 35 heavy (non-hydrogen) atoms. The van der Waals surface area contributed by atoms with Crippen LogP contribution < -0.4 is 0 Å². The van der Waals surface area contributed by atoms with Crippen LogP contribution >= 0.6 is 11.8 Å². The van der Waals surface area contributed by atoms with Gasteiger partial charge in [-0.2, -0.15) is 0 Å². The van der Waals surface area contributed by atoms with Crippen molar-refractivity contribution in [3.8, 4) is 17.1 Å². The van der Waals surface area contributed by atoms with Crippen molar-refractivity contribution in [3.63, 3.8) is 0 Å². The van der Waals surface area contributed by atoms with E-state index in [1.54, 1.807) is 24.5 Å². The van der Waals surface area contributed by atoms with Gasteiger partial charge in [-0.05, 0) is 69.2 Å².